The van der Waals surface area contributed by atoms with Crippen LogP contribution in [0.3, 0.4) is 0 Å². The standard InChI is InChI=1S/C16H24BrClO2/c1-4-5-6-7-8-9-13(18)12-10-11-14(19-2)15(17)16(12)20-3/h10-11,13H,4-9H2,1-3H3. The summed E-state index contributed by atoms with van der Waals surface area (Å²) < 4.78 is 11.6. The molecule has 0 amide bonds. The molecule has 0 aliphatic heterocycles. The van der Waals surface area contributed by atoms with Crippen molar-refractivity contribution >= 4 is 27.5 Å². The predicted octanol–water partition coefficient (Wildman–Crippen LogP) is 6.11. The van der Waals surface area contributed by atoms with Crippen molar-refractivity contribution in [3.8, 4) is 11.5 Å². The summed E-state index contributed by atoms with van der Waals surface area (Å²) in [5.74, 6) is 1.54. The summed E-state index contributed by atoms with van der Waals surface area (Å²) in [5, 5.41) is -0.0196. The Bertz CT molecular complexity index is 410. The normalized spacial score (nSPS) is 12.2. The van der Waals surface area contributed by atoms with E-state index in [0.717, 1.165) is 34.4 Å². The Morgan fingerprint density at radius 1 is 1.10 bits per heavy atom. The van der Waals surface area contributed by atoms with Crippen LogP contribution in [-0.2, 0) is 0 Å². The maximum Gasteiger partial charge on any atom is 0.141 e. The van der Waals surface area contributed by atoms with E-state index in [1.165, 1.54) is 25.7 Å². The topological polar surface area (TPSA) is 18.5 Å². The number of ether oxygens (including phenoxy) is 2. The molecule has 0 fully saturated rings. The summed E-state index contributed by atoms with van der Waals surface area (Å²) in [5.41, 5.74) is 1.03. The van der Waals surface area contributed by atoms with Gasteiger partial charge in [-0.2, -0.15) is 0 Å². The highest BCUT2D eigenvalue weighted by atomic mass is 79.9. The first-order valence-corrected chi connectivity index (χ1v) is 8.43. The Hall–Kier alpha value is -0.410. The summed E-state index contributed by atoms with van der Waals surface area (Å²) in [7, 11) is 3.30. The lowest BCUT2D eigenvalue weighted by Gasteiger charge is -2.17. The Morgan fingerprint density at radius 2 is 1.80 bits per heavy atom. The molecule has 0 radical (unpaired) electrons. The maximum absolute atomic E-state index is 6.53. The predicted molar refractivity (Wildman–Crippen MR) is 89.2 cm³/mol. The van der Waals surface area contributed by atoms with Gasteiger partial charge in [0.05, 0.1) is 19.6 Å². The molecule has 0 heterocycles. The molecule has 1 rings (SSSR count). The van der Waals surface area contributed by atoms with E-state index in [1.54, 1.807) is 14.2 Å². The van der Waals surface area contributed by atoms with Crippen LogP contribution in [0.4, 0.5) is 0 Å². The number of unbranched alkanes of at least 4 members (excludes halogenated alkanes) is 4. The third-order valence-corrected chi connectivity index (χ3v) is 4.62. The lowest BCUT2D eigenvalue weighted by Crippen LogP contribution is -1.98. The molecule has 0 saturated heterocycles. The number of benzene rings is 1. The van der Waals surface area contributed by atoms with Gasteiger partial charge in [-0.15, -0.1) is 11.6 Å². The van der Waals surface area contributed by atoms with Gasteiger partial charge in [-0.1, -0.05) is 45.1 Å². The average molecular weight is 364 g/mol. The van der Waals surface area contributed by atoms with Crippen molar-refractivity contribution < 1.29 is 9.47 Å². The summed E-state index contributed by atoms with van der Waals surface area (Å²) in [6.45, 7) is 2.23. The molecule has 0 aliphatic rings. The van der Waals surface area contributed by atoms with E-state index in [0.29, 0.717) is 0 Å². The number of rotatable bonds is 9. The van der Waals surface area contributed by atoms with Gasteiger partial charge in [0.25, 0.3) is 0 Å². The van der Waals surface area contributed by atoms with Crippen LogP contribution < -0.4 is 9.47 Å². The first kappa shape index (κ1) is 17.6. The first-order chi connectivity index (χ1) is 9.65. The molecule has 1 unspecified atom stereocenters. The zero-order valence-electron chi connectivity index (χ0n) is 12.5. The van der Waals surface area contributed by atoms with Crippen molar-refractivity contribution in [3.05, 3.63) is 22.2 Å². The first-order valence-electron chi connectivity index (χ1n) is 7.20. The van der Waals surface area contributed by atoms with E-state index in [-0.39, 0.29) is 5.38 Å². The summed E-state index contributed by atoms with van der Waals surface area (Å²) in [4.78, 5) is 0. The second-order valence-corrected chi connectivity index (χ2v) is 6.19. The van der Waals surface area contributed by atoms with Crippen LogP contribution in [0.5, 0.6) is 11.5 Å². The minimum Gasteiger partial charge on any atom is -0.495 e. The second-order valence-electron chi connectivity index (χ2n) is 4.87. The maximum atomic E-state index is 6.53. The second kappa shape index (κ2) is 9.51. The number of halogens is 2. The highest BCUT2D eigenvalue weighted by Gasteiger charge is 2.18. The van der Waals surface area contributed by atoms with Gasteiger partial charge in [0.2, 0.25) is 0 Å². The van der Waals surface area contributed by atoms with Gasteiger partial charge in [-0.25, -0.2) is 0 Å². The van der Waals surface area contributed by atoms with Crippen LogP contribution in [-0.4, -0.2) is 14.2 Å². The van der Waals surface area contributed by atoms with Crippen LogP contribution in [0.25, 0.3) is 0 Å². The fraction of sp³-hybridized carbons (Fsp3) is 0.625. The zero-order valence-corrected chi connectivity index (χ0v) is 14.9. The highest BCUT2D eigenvalue weighted by molar-refractivity contribution is 9.10. The van der Waals surface area contributed by atoms with Crippen molar-refractivity contribution in [3.63, 3.8) is 0 Å². The van der Waals surface area contributed by atoms with E-state index in [9.17, 15) is 0 Å². The van der Waals surface area contributed by atoms with Gasteiger partial charge < -0.3 is 9.47 Å². The molecule has 1 atom stereocenters. The van der Waals surface area contributed by atoms with Crippen LogP contribution >= 0.6 is 27.5 Å². The van der Waals surface area contributed by atoms with E-state index in [1.807, 2.05) is 12.1 Å². The lowest BCUT2D eigenvalue weighted by molar-refractivity contribution is 0.385. The average Bonchev–Trinajstić information content (AvgIpc) is 2.46. The molecule has 1 aromatic carbocycles. The molecular weight excluding hydrogens is 340 g/mol. The van der Waals surface area contributed by atoms with Gasteiger partial charge in [-0.05, 0) is 28.4 Å². The molecule has 0 saturated carbocycles. The Labute approximate surface area is 135 Å². The number of hydrogen-bond donors (Lipinski definition) is 0. The summed E-state index contributed by atoms with van der Waals surface area (Å²) in [6, 6.07) is 3.92. The number of hydrogen-bond acceptors (Lipinski definition) is 2. The largest absolute Gasteiger partial charge is 0.495 e. The fourth-order valence-electron chi connectivity index (χ4n) is 2.25. The Balaban J connectivity index is 2.67. The Kier molecular flexibility index (Phi) is 8.39. The molecule has 0 aliphatic carbocycles. The molecule has 20 heavy (non-hydrogen) atoms. The summed E-state index contributed by atoms with van der Waals surface area (Å²) in [6.07, 6.45) is 7.25. The van der Waals surface area contributed by atoms with Crippen LogP contribution in [0.2, 0.25) is 0 Å². The van der Waals surface area contributed by atoms with Crippen molar-refractivity contribution in [2.24, 2.45) is 0 Å². The highest BCUT2D eigenvalue weighted by Crippen LogP contribution is 2.42. The zero-order chi connectivity index (χ0) is 15.0. The SMILES string of the molecule is CCCCCCCC(Cl)c1ccc(OC)c(Br)c1OC. The lowest BCUT2D eigenvalue weighted by atomic mass is 10.0. The molecule has 0 aromatic heterocycles. The molecule has 114 valence electrons. The van der Waals surface area contributed by atoms with Gasteiger partial charge in [0.1, 0.15) is 16.0 Å². The van der Waals surface area contributed by atoms with Crippen LogP contribution in [0.15, 0.2) is 16.6 Å². The third kappa shape index (κ3) is 4.85. The fourth-order valence-corrected chi connectivity index (χ4v) is 3.26. The van der Waals surface area contributed by atoms with Gasteiger partial charge in [-0.3, -0.25) is 0 Å². The molecule has 0 spiro atoms. The molecule has 2 nitrogen and oxygen atoms in total. The van der Waals surface area contributed by atoms with Crippen LogP contribution in [0, 0.1) is 0 Å². The minimum absolute atomic E-state index is 0.0196. The molecular formula is C16H24BrClO2. The van der Waals surface area contributed by atoms with Crippen molar-refractivity contribution in [2.45, 2.75) is 50.8 Å². The van der Waals surface area contributed by atoms with Crippen molar-refractivity contribution in [1.29, 1.82) is 0 Å². The van der Waals surface area contributed by atoms with Crippen LogP contribution in [0.1, 0.15) is 56.4 Å². The summed E-state index contributed by atoms with van der Waals surface area (Å²) >= 11 is 10.0. The van der Waals surface area contributed by atoms with E-state index in [4.69, 9.17) is 21.1 Å². The quantitative estimate of drug-likeness (QED) is 0.389. The molecule has 0 N–H and O–H groups in total. The number of alkyl halides is 1. The minimum atomic E-state index is -0.0196. The number of methoxy groups -OCH3 is 2. The van der Waals surface area contributed by atoms with E-state index < -0.39 is 0 Å². The van der Waals surface area contributed by atoms with Gasteiger partial charge in [0.15, 0.2) is 0 Å². The van der Waals surface area contributed by atoms with Crippen molar-refractivity contribution in [1.82, 2.24) is 0 Å². The Morgan fingerprint density at radius 3 is 2.40 bits per heavy atom. The van der Waals surface area contributed by atoms with Gasteiger partial charge >= 0.3 is 0 Å². The van der Waals surface area contributed by atoms with Crippen molar-refractivity contribution in [2.75, 3.05) is 14.2 Å². The third-order valence-electron chi connectivity index (χ3n) is 3.41. The molecule has 0 bridgehead atoms. The molecule has 4 heteroatoms. The van der Waals surface area contributed by atoms with E-state index in [2.05, 4.69) is 22.9 Å². The smallest absolute Gasteiger partial charge is 0.141 e. The van der Waals surface area contributed by atoms with E-state index >= 15 is 0 Å². The van der Waals surface area contributed by atoms with Gasteiger partial charge in [0, 0.05) is 5.56 Å². The molecule has 1 aromatic rings. The monoisotopic (exact) mass is 362 g/mol.